The van der Waals surface area contributed by atoms with E-state index in [0.717, 1.165) is 61.3 Å². The van der Waals surface area contributed by atoms with E-state index in [9.17, 15) is 22.8 Å². The zero-order valence-corrected chi connectivity index (χ0v) is 29.6. The third kappa shape index (κ3) is 14.2. The van der Waals surface area contributed by atoms with Crippen LogP contribution in [0.4, 0.5) is 13.2 Å². The van der Waals surface area contributed by atoms with Gasteiger partial charge < -0.3 is 14.2 Å². The van der Waals surface area contributed by atoms with Crippen molar-refractivity contribution in [3.63, 3.8) is 0 Å². The Balaban J connectivity index is 1.41. The lowest BCUT2D eigenvalue weighted by molar-refractivity contribution is -0.206. The summed E-state index contributed by atoms with van der Waals surface area (Å²) in [5, 5.41) is 0. The Hall–Kier alpha value is -3.73. The Labute approximate surface area is 283 Å². The van der Waals surface area contributed by atoms with Crippen molar-refractivity contribution in [2.75, 3.05) is 13.2 Å². The molecular formula is C37H49F3N2O5Si. The predicted octanol–water partition coefficient (Wildman–Crippen LogP) is 10.1. The highest BCUT2D eigenvalue weighted by atomic mass is 28.3. The van der Waals surface area contributed by atoms with Crippen LogP contribution in [-0.2, 0) is 14.3 Å². The summed E-state index contributed by atoms with van der Waals surface area (Å²) in [7, 11) is -1.22. The molecule has 3 aromatic rings. The second kappa shape index (κ2) is 19.3. The van der Waals surface area contributed by atoms with Gasteiger partial charge in [0.05, 0.1) is 31.2 Å². The molecule has 0 spiro atoms. The summed E-state index contributed by atoms with van der Waals surface area (Å²) in [5.74, 6) is 0.0509. The summed E-state index contributed by atoms with van der Waals surface area (Å²) in [6, 6.07) is 14.8. The van der Waals surface area contributed by atoms with E-state index in [1.165, 1.54) is 12.1 Å². The van der Waals surface area contributed by atoms with E-state index in [2.05, 4.69) is 29.6 Å². The third-order valence-corrected chi connectivity index (χ3v) is 9.56. The van der Waals surface area contributed by atoms with Crippen molar-refractivity contribution in [1.82, 2.24) is 9.97 Å². The molecule has 0 aliphatic rings. The molecule has 0 unspecified atom stereocenters. The Kier molecular flexibility index (Phi) is 15.6. The maximum absolute atomic E-state index is 13.4. The number of benzene rings is 2. The first-order valence-electron chi connectivity index (χ1n) is 16.9. The SMILES string of the molecule is CCCCCC[C@@H](OC(=O)c1ccc(-c2ccc(-c3ncc(OCCCCCCOC(=O)CC[Si](C)(C)C)cn3)cc2)cc1)C(F)(F)F. The lowest BCUT2D eigenvalue weighted by atomic mass is 10.0. The molecule has 2 aromatic carbocycles. The largest absolute Gasteiger partial charge is 0.490 e. The molecule has 0 N–H and O–H groups in total. The fourth-order valence-corrected chi connectivity index (χ4v) is 5.83. The van der Waals surface area contributed by atoms with Crippen LogP contribution in [0.15, 0.2) is 60.9 Å². The minimum atomic E-state index is -4.60. The smallest absolute Gasteiger partial charge is 0.425 e. The van der Waals surface area contributed by atoms with E-state index in [0.29, 0.717) is 44.1 Å². The van der Waals surface area contributed by atoms with Crippen LogP contribution in [0.5, 0.6) is 5.75 Å². The van der Waals surface area contributed by atoms with Crippen LogP contribution < -0.4 is 4.74 Å². The van der Waals surface area contributed by atoms with Crippen molar-refractivity contribution in [2.24, 2.45) is 0 Å². The van der Waals surface area contributed by atoms with Crippen molar-refractivity contribution in [1.29, 1.82) is 0 Å². The number of nitrogens with zero attached hydrogens (tertiary/aromatic N) is 2. The minimum absolute atomic E-state index is 0.0692. The molecule has 1 atom stereocenters. The van der Waals surface area contributed by atoms with Crippen molar-refractivity contribution >= 4 is 20.0 Å². The van der Waals surface area contributed by atoms with Gasteiger partial charge in [0, 0.05) is 20.1 Å². The highest BCUT2D eigenvalue weighted by molar-refractivity contribution is 6.76. The Bertz CT molecular complexity index is 1390. The second-order valence-electron chi connectivity index (χ2n) is 13.2. The maximum Gasteiger partial charge on any atom is 0.425 e. The van der Waals surface area contributed by atoms with Gasteiger partial charge in [-0.3, -0.25) is 4.79 Å². The molecule has 0 saturated carbocycles. The molecule has 0 fully saturated rings. The fourth-order valence-electron chi connectivity index (χ4n) is 4.88. The Morgan fingerprint density at radius 2 is 1.33 bits per heavy atom. The van der Waals surface area contributed by atoms with Gasteiger partial charge in [-0.25, -0.2) is 14.8 Å². The van der Waals surface area contributed by atoms with Crippen LogP contribution >= 0.6 is 0 Å². The highest BCUT2D eigenvalue weighted by Gasteiger charge is 2.42. The minimum Gasteiger partial charge on any atom is -0.490 e. The van der Waals surface area contributed by atoms with E-state index in [4.69, 9.17) is 14.2 Å². The molecule has 1 aromatic heterocycles. The molecule has 0 radical (unpaired) electrons. The topological polar surface area (TPSA) is 87.6 Å². The van der Waals surface area contributed by atoms with Gasteiger partial charge in [-0.2, -0.15) is 13.2 Å². The number of hydrogen-bond donors (Lipinski definition) is 0. The van der Waals surface area contributed by atoms with Gasteiger partial charge in [-0.05, 0) is 67.8 Å². The fraction of sp³-hybridized carbons (Fsp3) is 0.514. The molecule has 262 valence electrons. The van der Waals surface area contributed by atoms with Crippen LogP contribution in [-0.4, -0.2) is 55.5 Å². The first kappa shape index (κ1) is 38.7. The van der Waals surface area contributed by atoms with Crippen molar-refractivity contribution in [2.45, 2.75) is 109 Å². The van der Waals surface area contributed by atoms with Crippen molar-refractivity contribution in [3.8, 4) is 28.3 Å². The van der Waals surface area contributed by atoms with Crippen LogP contribution in [0.3, 0.4) is 0 Å². The quantitative estimate of drug-likeness (QED) is 0.0664. The molecule has 11 heteroatoms. The number of hydrogen-bond acceptors (Lipinski definition) is 7. The second-order valence-corrected chi connectivity index (χ2v) is 18.8. The lowest BCUT2D eigenvalue weighted by Crippen LogP contribution is -2.33. The number of unbranched alkanes of at least 4 members (excludes halogenated alkanes) is 6. The monoisotopic (exact) mass is 686 g/mol. The van der Waals surface area contributed by atoms with Gasteiger partial charge in [0.15, 0.2) is 17.7 Å². The zero-order valence-electron chi connectivity index (χ0n) is 28.6. The lowest BCUT2D eigenvalue weighted by Gasteiger charge is -2.20. The first-order valence-corrected chi connectivity index (χ1v) is 20.7. The van der Waals surface area contributed by atoms with Crippen molar-refractivity contribution < 1.29 is 37.0 Å². The summed E-state index contributed by atoms with van der Waals surface area (Å²) in [5.41, 5.74) is 2.54. The molecular weight excluding hydrogens is 637 g/mol. The molecule has 0 amide bonds. The number of halogens is 3. The Morgan fingerprint density at radius 3 is 1.92 bits per heavy atom. The van der Waals surface area contributed by atoms with Gasteiger partial charge in [0.1, 0.15) is 0 Å². The van der Waals surface area contributed by atoms with Crippen LogP contribution in [0.1, 0.15) is 81.5 Å². The Morgan fingerprint density at radius 1 is 0.771 bits per heavy atom. The summed E-state index contributed by atoms with van der Waals surface area (Å²) < 4.78 is 56.2. The zero-order chi connectivity index (χ0) is 35.0. The number of carbonyl (C=O) groups excluding carboxylic acids is 2. The summed E-state index contributed by atoms with van der Waals surface area (Å²) in [6.45, 7) is 9.74. The normalized spacial score (nSPS) is 12.4. The van der Waals surface area contributed by atoms with Crippen molar-refractivity contribution in [3.05, 3.63) is 66.5 Å². The molecule has 7 nitrogen and oxygen atoms in total. The molecule has 3 rings (SSSR count). The summed E-state index contributed by atoms with van der Waals surface area (Å²) >= 11 is 0. The number of carbonyl (C=O) groups is 2. The third-order valence-electron chi connectivity index (χ3n) is 7.81. The summed E-state index contributed by atoms with van der Waals surface area (Å²) in [4.78, 5) is 33.1. The van der Waals surface area contributed by atoms with E-state index >= 15 is 0 Å². The summed E-state index contributed by atoms with van der Waals surface area (Å²) in [6.07, 6.45) is 3.30. The van der Waals surface area contributed by atoms with E-state index < -0.39 is 26.3 Å². The molecule has 0 saturated heterocycles. The van der Waals surface area contributed by atoms with Gasteiger partial charge in [0.2, 0.25) is 0 Å². The number of alkyl halides is 3. The van der Waals surface area contributed by atoms with Gasteiger partial charge in [-0.1, -0.05) is 82.2 Å². The average molecular weight is 687 g/mol. The molecule has 0 aliphatic heterocycles. The number of rotatable bonds is 20. The van der Waals surface area contributed by atoms with Gasteiger partial charge in [-0.15, -0.1) is 0 Å². The number of ether oxygens (including phenoxy) is 3. The van der Waals surface area contributed by atoms with E-state index in [-0.39, 0.29) is 18.0 Å². The standard InChI is InChI=1S/C37H49F3N2O5Si/c1-5-6-7-10-13-33(37(38,39)40)47-36(44)31-20-16-29(17-21-31)28-14-18-30(19-15-28)35-41-26-32(27-42-35)45-23-11-8-9-12-24-46-34(43)22-25-48(2,3)4/h14-21,26-27,33H,5-13,22-25H2,1-4H3/t33-/m1/s1. The molecule has 48 heavy (non-hydrogen) atoms. The van der Waals surface area contributed by atoms with Gasteiger partial charge in [0.25, 0.3) is 0 Å². The van der Waals surface area contributed by atoms with Gasteiger partial charge >= 0.3 is 18.1 Å². The average Bonchev–Trinajstić information content (AvgIpc) is 3.06. The van der Waals surface area contributed by atoms with Crippen LogP contribution in [0.2, 0.25) is 25.7 Å². The van der Waals surface area contributed by atoms with Crippen LogP contribution in [0.25, 0.3) is 22.5 Å². The molecule has 0 aliphatic carbocycles. The molecule has 0 bridgehead atoms. The van der Waals surface area contributed by atoms with E-state index in [1.54, 1.807) is 24.5 Å². The molecule has 1 heterocycles. The maximum atomic E-state index is 13.4. The van der Waals surface area contributed by atoms with Crippen LogP contribution in [0, 0.1) is 0 Å². The number of esters is 2. The number of aromatic nitrogens is 2. The first-order chi connectivity index (χ1) is 22.9. The predicted molar refractivity (Wildman–Crippen MR) is 185 cm³/mol. The highest BCUT2D eigenvalue weighted by Crippen LogP contribution is 2.29. The van der Waals surface area contributed by atoms with E-state index in [1.807, 2.05) is 31.2 Å².